The van der Waals surface area contributed by atoms with Gasteiger partial charge in [-0.15, -0.1) is 11.3 Å². The number of aromatic nitrogens is 2. The van der Waals surface area contributed by atoms with Crippen LogP contribution in [0.15, 0.2) is 20.9 Å². The first-order valence-electron chi connectivity index (χ1n) is 4.99. The van der Waals surface area contributed by atoms with Crippen LogP contribution in [0, 0.1) is 6.92 Å². The number of aliphatic hydroxyl groups is 1. The van der Waals surface area contributed by atoms with Crippen LogP contribution >= 0.6 is 11.3 Å². The zero-order chi connectivity index (χ0) is 13.2. The Bertz CT molecular complexity index is 632. The predicted molar refractivity (Wildman–Crippen MR) is 63.3 cm³/mol. The summed E-state index contributed by atoms with van der Waals surface area (Å²) >= 11 is 1.01. The molecule has 0 aliphatic carbocycles. The number of rotatable bonds is 5. The minimum atomic E-state index is -3.61. The van der Waals surface area contributed by atoms with Crippen LogP contribution in [0.2, 0.25) is 0 Å². The largest absolute Gasteiger partial charge is 0.391 e. The molecule has 0 amide bonds. The fourth-order valence-corrected chi connectivity index (χ4v) is 3.46. The molecule has 0 atom stereocenters. The van der Waals surface area contributed by atoms with E-state index in [0.717, 1.165) is 11.3 Å². The molecule has 2 aromatic heterocycles. The van der Waals surface area contributed by atoms with Crippen molar-refractivity contribution in [2.45, 2.75) is 24.3 Å². The average Bonchev–Trinajstić information content (AvgIpc) is 2.95. The van der Waals surface area contributed by atoms with E-state index in [4.69, 9.17) is 9.63 Å². The second-order valence-electron chi connectivity index (χ2n) is 3.44. The fourth-order valence-electron chi connectivity index (χ4n) is 1.23. The van der Waals surface area contributed by atoms with Crippen molar-refractivity contribution in [3.63, 3.8) is 0 Å². The van der Waals surface area contributed by atoms with Gasteiger partial charge in [0.15, 0.2) is 5.82 Å². The van der Waals surface area contributed by atoms with Crippen LogP contribution < -0.4 is 4.72 Å². The number of nitrogens with zero attached hydrogens (tertiary/aromatic N) is 2. The SMILES string of the molecule is Cc1noc(CNS(=O)(=O)c2ccc(CO)s2)n1. The molecule has 7 nitrogen and oxygen atoms in total. The van der Waals surface area contributed by atoms with Gasteiger partial charge >= 0.3 is 0 Å². The monoisotopic (exact) mass is 289 g/mol. The van der Waals surface area contributed by atoms with E-state index in [1.165, 1.54) is 6.07 Å². The van der Waals surface area contributed by atoms with E-state index in [0.29, 0.717) is 10.7 Å². The summed E-state index contributed by atoms with van der Waals surface area (Å²) in [5.74, 6) is 0.651. The maximum absolute atomic E-state index is 11.9. The van der Waals surface area contributed by atoms with E-state index >= 15 is 0 Å². The summed E-state index contributed by atoms with van der Waals surface area (Å²) in [5, 5.41) is 12.4. The summed E-state index contributed by atoms with van der Waals surface area (Å²) in [5.41, 5.74) is 0. The number of sulfonamides is 1. The van der Waals surface area contributed by atoms with Crippen molar-refractivity contribution in [3.8, 4) is 0 Å². The van der Waals surface area contributed by atoms with Crippen molar-refractivity contribution in [1.82, 2.24) is 14.9 Å². The smallest absolute Gasteiger partial charge is 0.250 e. The first-order chi connectivity index (χ1) is 8.51. The summed E-state index contributed by atoms with van der Waals surface area (Å²) < 4.78 is 31.0. The lowest BCUT2D eigenvalue weighted by Gasteiger charge is -2.00. The highest BCUT2D eigenvalue weighted by molar-refractivity contribution is 7.91. The molecule has 0 spiro atoms. The maximum Gasteiger partial charge on any atom is 0.250 e. The van der Waals surface area contributed by atoms with Gasteiger partial charge in [0.2, 0.25) is 5.89 Å². The molecule has 2 N–H and O–H groups in total. The quantitative estimate of drug-likeness (QED) is 0.826. The molecule has 2 heterocycles. The van der Waals surface area contributed by atoms with Crippen LogP contribution in [0.3, 0.4) is 0 Å². The normalized spacial score (nSPS) is 11.9. The van der Waals surface area contributed by atoms with Crippen molar-refractivity contribution in [1.29, 1.82) is 0 Å². The van der Waals surface area contributed by atoms with Gasteiger partial charge in [0.1, 0.15) is 4.21 Å². The lowest BCUT2D eigenvalue weighted by Crippen LogP contribution is -2.22. The maximum atomic E-state index is 11.9. The highest BCUT2D eigenvalue weighted by Gasteiger charge is 2.17. The fraction of sp³-hybridized carbons (Fsp3) is 0.333. The molecule has 0 aliphatic rings. The van der Waals surface area contributed by atoms with Crippen LogP contribution in [-0.4, -0.2) is 23.7 Å². The number of nitrogens with one attached hydrogen (secondary N) is 1. The summed E-state index contributed by atoms with van der Waals surface area (Å²) in [6.45, 7) is 1.41. The highest BCUT2D eigenvalue weighted by Crippen LogP contribution is 2.21. The van der Waals surface area contributed by atoms with E-state index < -0.39 is 10.0 Å². The van der Waals surface area contributed by atoms with E-state index in [2.05, 4.69) is 14.9 Å². The second kappa shape index (κ2) is 5.14. The number of aryl methyl sites for hydroxylation is 1. The van der Waals surface area contributed by atoms with Gasteiger partial charge in [-0.3, -0.25) is 0 Å². The molecule has 0 saturated heterocycles. The Hall–Kier alpha value is -1.29. The minimum Gasteiger partial charge on any atom is -0.391 e. The molecular formula is C9H11N3O4S2. The minimum absolute atomic E-state index is 0.0600. The molecule has 0 fully saturated rings. The Balaban J connectivity index is 2.07. The highest BCUT2D eigenvalue weighted by atomic mass is 32.2. The zero-order valence-electron chi connectivity index (χ0n) is 9.45. The van der Waals surface area contributed by atoms with Crippen molar-refractivity contribution in [2.75, 3.05) is 0 Å². The summed E-state index contributed by atoms with van der Waals surface area (Å²) in [6, 6.07) is 3.01. The third-order valence-corrected chi connectivity index (χ3v) is 5.00. The molecule has 9 heteroatoms. The van der Waals surface area contributed by atoms with Gasteiger partial charge in [-0.2, -0.15) is 4.98 Å². The summed E-state index contributed by atoms with van der Waals surface area (Å²) in [7, 11) is -3.61. The number of hydrogen-bond acceptors (Lipinski definition) is 7. The lowest BCUT2D eigenvalue weighted by atomic mass is 10.5. The Kier molecular flexibility index (Phi) is 3.76. The summed E-state index contributed by atoms with van der Waals surface area (Å²) in [4.78, 5) is 4.47. The van der Waals surface area contributed by atoms with Crippen LogP contribution in [-0.2, 0) is 23.2 Å². The molecule has 2 aromatic rings. The lowest BCUT2D eigenvalue weighted by molar-refractivity contribution is 0.285. The first-order valence-corrected chi connectivity index (χ1v) is 7.29. The molecular weight excluding hydrogens is 278 g/mol. The van der Waals surface area contributed by atoms with E-state index in [1.54, 1.807) is 13.0 Å². The third-order valence-electron chi connectivity index (χ3n) is 2.04. The molecule has 18 heavy (non-hydrogen) atoms. The van der Waals surface area contributed by atoms with Gasteiger partial charge in [-0.1, -0.05) is 5.16 Å². The Morgan fingerprint density at radius 3 is 2.83 bits per heavy atom. The summed E-state index contributed by atoms with van der Waals surface area (Å²) in [6.07, 6.45) is 0. The molecule has 0 aromatic carbocycles. The van der Waals surface area contributed by atoms with E-state index in [-0.39, 0.29) is 23.3 Å². The van der Waals surface area contributed by atoms with Crippen LogP contribution in [0.5, 0.6) is 0 Å². The van der Waals surface area contributed by atoms with Crippen LogP contribution in [0.25, 0.3) is 0 Å². The molecule has 2 rings (SSSR count). The topological polar surface area (TPSA) is 105 Å². The molecule has 0 radical (unpaired) electrons. The molecule has 0 bridgehead atoms. The Morgan fingerprint density at radius 1 is 1.50 bits per heavy atom. The van der Waals surface area contributed by atoms with Gasteiger partial charge < -0.3 is 9.63 Å². The standard InChI is InChI=1S/C9H11N3O4S2/c1-6-11-8(16-12-6)4-10-18(14,15)9-3-2-7(5-13)17-9/h2-3,10,13H,4-5H2,1H3. The van der Waals surface area contributed by atoms with Crippen LogP contribution in [0.1, 0.15) is 16.6 Å². The van der Waals surface area contributed by atoms with E-state index in [1.807, 2.05) is 0 Å². The Labute approximate surface area is 108 Å². The molecule has 0 aliphatic heterocycles. The number of hydrogen-bond donors (Lipinski definition) is 2. The second-order valence-corrected chi connectivity index (χ2v) is 6.60. The Morgan fingerprint density at radius 2 is 2.28 bits per heavy atom. The zero-order valence-corrected chi connectivity index (χ0v) is 11.1. The van der Waals surface area contributed by atoms with E-state index in [9.17, 15) is 8.42 Å². The van der Waals surface area contributed by atoms with Crippen molar-refractivity contribution in [3.05, 3.63) is 28.7 Å². The molecule has 0 saturated carbocycles. The average molecular weight is 289 g/mol. The molecule has 0 unspecified atom stereocenters. The number of thiophene rings is 1. The van der Waals surface area contributed by atoms with Gasteiger partial charge in [-0.05, 0) is 19.1 Å². The number of aliphatic hydroxyl groups excluding tert-OH is 1. The van der Waals surface area contributed by atoms with Crippen molar-refractivity contribution >= 4 is 21.4 Å². The van der Waals surface area contributed by atoms with Crippen LogP contribution in [0.4, 0.5) is 0 Å². The van der Waals surface area contributed by atoms with Crippen molar-refractivity contribution in [2.24, 2.45) is 0 Å². The van der Waals surface area contributed by atoms with Gasteiger partial charge in [0, 0.05) is 4.88 Å². The van der Waals surface area contributed by atoms with Gasteiger partial charge in [0.05, 0.1) is 13.2 Å². The third kappa shape index (κ3) is 2.93. The van der Waals surface area contributed by atoms with Gasteiger partial charge in [0.25, 0.3) is 10.0 Å². The van der Waals surface area contributed by atoms with Crippen molar-refractivity contribution < 1.29 is 18.0 Å². The first kappa shape index (κ1) is 13.1. The predicted octanol–water partition coefficient (Wildman–Crippen LogP) is 0.410. The van der Waals surface area contributed by atoms with Gasteiger partial charge in [-0.25, -0.2) is 13.1 Å². The molecule has 98 valence electrons.